The molecule has 0 fully saturated rings. The second-order valence-corrected chi connectivity index (χ2v) is 6.05. The standard InChI is InChI=1S/C16H13BrFN5O/c1-10-4-2-3-5-12(10)16-20-22-23(21-16)9-15(24)19-14-7-6-11(17)8-13(14)18/h2-8H,9H2,1H3,(H,19,24). The number of carbonyl (C=O) groups excluding carboxylic acids is 1. The molecule has 122 valence electrons. The van der Waals surface area contributed by atoms with Crippen molar-refractivity contribution >= 4 is 27.5 Å². The van der Waals surface area contributed by atoms with Gasteiger partial charge < -0.3 is 5.32 Å². The number of carbonyl (C=O) groups is 1. The molecule has 0 radical (unpaired) electrons. The maximum absolute atomic E-state index is 13.7. The summed E-state index contributed by atoms with van der Waals surface area (Å²) < 4.78 is 14.3. The average Bonchev–Trinajstić information content (AvgIpc) is 2.99. The van der Waals surface area contributed by atoms with Crippen LogP contribution in [0.15, 0.2) is 46.9 Å². The van der Waals surface area contributed by atoms with E-state index in [0.717, 1.165) is 11.1 Å². The summed E-state index contributed by atoms with van der Waals surface area (Å²) >= 11 is 3.16. The summed E-state index contributed by atoms with van der Waals surface area (Å²) in [7, 11) is 0. The molecule has 0 aliphatic rings. The Kier molecular flexibility index (Phi) is 4.66. The van der Waals surface area contributed by atoms with Gasteiger partial charge in [-0.1, -0.05) is 40.2 Å². The molecule has 3 rings (SSSR count). The van der Waals surface area contributed by atoms with Gasteiger partial charge in [0, 0.05) is 10.0 Å². The van der Waals surface area contributed by atoms with E-state index in [2.05, 4.69) is 36.7 Å². The number of aromatic nitrogens is 4. The minimum atomic E-state index is -0.523. The van der Waals surface area contributed by atoms with Crippen LogP contribution in [0.3, 0.4) is 0 Å². The van der Waals surface area contributed by atoms with Crippen LogP contribution < -0.4 is 5.32 Å². The van der Waals surface area contributed by atoms with Crippen LogP contribution in [0.25, 0.3) is 11.4 Å². The third-order valence-electron chi connectivity index (χ3n) is 3.33. The van der Waals surface area contributed by atoms with Crippen LogP contribution in [-0.2, 0) is 11.3 Å². The third-order valence-corrected chi connectivity index (χ3v) is 3.82. The van der Waals surface area contributed by atoms with Gasteiger partial charge >= 0.3 is 0 Å². The van der Waals surface area contributed by atoms with Gasteiger partial charge in [0.2, 0.25) is 11.7 Å². The average molecular weight is 390 g/mol. The zero-order valence-corrected chi connectivity index (χ0v) is 14.3. The molecule has 0 spiro atoms. The number of anilines is 1. The molecule has 1 aromatic heterocycles. The zero-order valence-electron chi connectivity index (χ0n) is 12.7. The Labute approximate surface area is 145 Å². The number of benzene rings is 2. The van der Waals surface area contributed by atoms with E-state index in [1.807, 2.05) is 31.2 Å². The van der Waals surface area contributed by atoms with Crippen molar-refractivity contribution in [2.45, 2.75) is 13.5 Å². The molecule has 0 aliphatic carbocycles. The highest BCUT2D eigenvalue weighted by Crippen LogP contribution is 2.20. The van der Waals surface area contributed by atoms with E-state index in [1.165, 1.54) is 16.9 Å². The fraction of sp³-hybridized carbons (Fsp3) is 0.125. The van der Waals surface area contributed by atoms with Gasteiger partial charge in [0.05, 0.1) is 5.69 Å². The van der Waals surface area contributed by atoms with Crippen LogP contribution in [0, 0.1) is 12.7 Å². The van der Waals surface area contributed by atoms with E-state index < -0.39 is 11.7 Å². The molecule has 0 aliphatic heterocycles. The van der Waals surface area contributed by atoms with E-state index in [9.17, 15) is 9.18 Å². The molecule has 0 saturated heterocycles. The van der Waals surface area contributed by atoms with Crippen LogP contribution in [-0.4, -0.2) is 26.1 Å². The molecular weight excluding hydrogens is 377 g/mol. The molecule has 6 nitrogen and oxygen atoms in total. The summed E-state index contributed by atoms with van der Waals surface area (Å²) in [4.78, 5) is 13.2. The topological polar surface area (TPSA) is 72.7 Å². The number of hydrogen-bond acceptors (Lipinski definition) is 4. The van der Waals surface area contributed by atoms with Crippen molar-refractivity contribution in [1.29, 1.82) is 0 Å². The molecule has 0 unspecified atom stereocenters. The number of aryl methyl sites for hydroxylation is 1. The molecule has 0 atom stereocenters. The number of rotatable bonds is 4. The van der Waals surface area contributed by atoms with E-state index in [0.29, 0.717) is 10.3 Å². The quantitative estimate of drug-likeness (QED) is 0.743. The Morgan fingerprint density at radius 2 is 2.08 bits per heavy atom. The molecule has 1 N–H and O–H groups in total. The van der Waals surface area contributed by atoms with Gasteiger partial charge in [-0.25, -0.2) is 4.39 Å². The first-order chi connectivity index (χ1) is 11.5. The summed E-state index contributed by atoms with van der Waals surface area (Å²) in [5.74, 6) is -0.523. The fourth-order valence-corrected chi connectivity index (χ4v) is 2.48. The predicted octanol–water partition coefficient (Wildman–Crippen LogP) is 3.19. The number of amides is 1. The first kappa shape index (κ1) is 16.3. The molecule has 2 aromatic carbocycles. The summed E-state index contributed by atoms with van der Waals surface area (Å²) in [6.45, 7) is 1.79. The van der Waals surface area contributed by atoms with Crippen LogP contribution in [0.4, 0.5) is 10.1 Å². The predicted molar refractivity (Wildman–Crippen MR) is 90.7 cm³/mol. The van der Waals surface area contributed by atoms with Crippen molar-refractivity contribution in [1.82, 2.24) is 20.2 Å². The highest BCUT2D eigenvalue weighted by molar-refractivity contribution is 9.10. The second kappa shape index (κ2) is 6.88. The Bertz CT molecular complexity index is 896. The smallest absolute Gasteiger partial charge is 0.248 e. The van der Waals surface area contributed by atoms with Crippen molar-refractivity contribution in [3.63, 3.8) is 0 Å². The monoisotopic (exact) mass is 389 g/mol. The second-order valence-electron chi connectivity index (χ2n) is 5.13. The van der Waals surface area contributed by atoms with Gasteiger partial charge in [-0.05, 0) is 35.9 Å². The maximum Gasteiger partial charge on any atom is 0.248 e. The number of tetrazole rings is 1. The Hall–Kier alpha value is -2.61. The zero-order chi connectivity index (χ0) is 17.1. The van der Waals surface area contributed by atoms with E-state index in [-0.39, 0.29) is 12.2 Å². The minimum absolute atomic E-state index is 0.0995. The van der Waals surface area contributed by atoms with Gasteiger partial charge in [0.25, 0.3) is 0 Å². The molecule has 1 amide bonds. The van der Waals surface area contributed by atoms with Crippen LogP contribution in [0.5, 0.6) is 0 Å². The number of hydrogen-bond donors (Lipinski definition) is 1. The lowest BCUT2D eigenvalue weighted by molar-refractivity contribution is -0.117. The number of nitrogens with one attached hydrogen (secondary N) is 1. The third kappa shape index (κ3) is 3.65. The number of halogens is 2. The van der Waals surface area contributed by atoms with Gasteiger partial charge in [-0.3, -0.25) is 4.79 Å². The summed E-state index contributed by atoms with van der Waals surface area (Å²) in [6, 6.07) is 12.0. The van der Waals surface area contributed by atoms with E-state index in [4.69, 9.17) is 0 Å². The van der Waals surface area contributed by atoms with Gasteiger partial charge in [-0.15, -0.1) is 10.2 Å². The van der Waals surface area contributed by atoms with Crippen molar-refractivity contribution in [2.24, 2.45) is 0 Å². The molecule has 0 saturated carbocycles. The van der Waals surface area contributed by atoms with Crippen LogP contribution >= 0.6 is 15.9 Å². The van der Waals surface area contributed by atoms with Crippen molar-refractivity contribution in [3.05, 3.63) is 58.3 Å². The fourth-order valence-electron chi connectivity index (χ4n) is 2.15. The maximum atomic E-state index is 13.7. The lowest BCUT2D eigenvalue weighted by Gasteiger charge is -2.06. The molecule has 0 bridgehead atoms. The van der Waals surface area contributed by atoms with Gasteiger partial charge in [0.15, 0.2) is 0 Å². The van der Waals surface area contributed by atoms with Crippen molar-refractivity contribution in [3.8, 4) is 11.4 Å². The molecular formula is C16H13BrFN5O. The Morgan fingerprint density at radius 3 is 2.83 bits per heavy atom. The lowest BCUT2D eigenvalue weighted by Crippen LogP contribution is -2.21. The normalized spacial score (nSPS) is 10.6. The largest absolute Gasteiger partial charge is 0.322 e. The molecule has 1 heterocycles. The highest BCUT2D eigenvalue weighted by atomic mass is 79.9. The Balaban J connectivity index is 1.70. The van der Waals surface area contributed by atoms with Crippen molar-refractivity contribution in [2.75, 3.05) is 5.32 Å². The SMILES string of the molecule is Cc1ccccc1-c1nnn(CC(=O)Nc2ccc(Br)cc2F)n1. The van der Waals surface area contributed by atoms with Crippen LogP contribution in [0.1, 0.15) is 5.56 Å². The summed E-state index contributed by atoms with van der Waals surface area (Å²) in [6.07, 6.45) is 0. The first-order valence-electron chi connectivity index (χ1n) is 7.11. The summed E-state index contributed by atoms with van der Waals surface area (Å²) in [5, 5.41) is 14.5. The van der Waals surface area contributed by atoms with Gasteiger partial charge in [-0.2, -0.15) is 4.80 Å². The summed E-state index contributed by atoms with van der Waals surface area (Å²) in [5.41, 5.74) is 1.96. The number of nitrogens with zero attached hydrogens (tertiary/aromatic N) is 4. The molecule has 8 heteroatoms. The lowest BCUT2D eigenvalue weighted by atomic mass is 10.1. The van der Waals surface area contributed by atoms with E-state index >= 15 is 0 Å². The van der Waals surface area contributed by atoms with Crippen LogP contribution in [0.2, 0.25) is 0 Å². The van der Waals surface area contributed by atoms with E-state index in [1.54, 1.807) is 6.07 Å². The highest BCUT2D eigenvalue weighted by Gasteiger charge is 2.12. The van der Waals surface area contributed by atoms with Crippen molar-refractivity contribution < 1.29 is 9.18 Å². The van der Waals surface area contributed by atoms with Gasteiger partial charge in [0.1, 0.15) is 12.4 Å². The first-order valence-corrected chi connectivity index (χ1v) is 7.91. The molecule has 24 heavy (non-hydrogen) atoms. The molecule has 3 aromatic rings. The minimum Gasteiger partial charge on any atom is -0.322 e. The Morgan fingerprint density at radius 1 is 1.29 bits per heavy atom.